The van der Waals surface area contributed by atoms with Gasteiger partial charge in [0.2, 0.25) is 5.95 Å². The number of imidazole rings is 2. The number of anilines is 1. The van der Waals surface area contributed by atoms with Crippen LogP contribution >= 0.6 is 11.8 Å². The lowest BCUT2D eigenvalue weighted by atomic mass is 9.91. The van der Waals surface area contributed by atoms with Crippen molar-refractivity contribution in [1.29, 1.82) is 0 Å². The van der Waals surface area contributed by atoms with Gasteiger partial charge in [0.25, 0.3) is 0 Å². The Labute approximate surface area is 160 Å². The minimum absolute atomic E-state index is 0.0872. The number of aromatic amines is 2. The van der Waals surface area contributed by atoms with Crippen LogP contribution in [0.1, 0.15) is 19.8 Å². The summed E-state index contributed by atoms with van der Waals surface area (Å²) >= 11 is 1.55. The number of nitrogens with two attached hydrogens (primary N) is 1. The van der Waals surface area contributed by atoms with Gasteiger partial charge in [-0.2, -0.15) is 4.98 Å². The molecule has 3 aromatic heterocycles. The Kier molecular flexibility index (Phi) is 3.80. The van der Waals surface area contributed by atoms with Crippen LogP contribution in [-0.2, 0) is 0 Å². The van der Waals surface area contributed by atoms with Gasteiger partial charge in [0.15, 0.2) is 11.3 Å². The van der Waals surface area contributed by atoms with Gasteiger partial charge in [0.05, 0.1) is 18.0 Å². The molecule has 1 aromatic carbocycles. The number of rotatable bonds is 3. The lowest BCUT2D eigenvalue weighted by molar-refractivity contribution is 0.362. The molecule has 1 aliphatic rings. The van der Waals surface area contributed by atoms with Crippen LogP contribution in [0.5, 0.6) is 0 Å². The molecule has 0 bridgehead atoms. The molecule has 138 valence electrons. The molecule has 8 nitrogen and oxygen atoms in total. The van der Waals surface area contributed by atoms with Gasteiger partial charge >= 0.3 is 0 Å². The lowest BCUT2D eigenvalue weighted by Crippen LogP contribution is -2.48. The largest absolute Gasteiger partial charge is 0.345 e. The number of para-hydroxylation sites is 1. The fourth-order valence-electron chi connectivity index (χ4n) is 3.33. The number of fused-ring (bicyclic) bond motifs is 2. The topological polar surface area (TPSA) is 112 Å². The van der Waals surface area contributed by atoms with Crippen molar-refractivity contribution in [2.24, 2.45) is 5.73 Å². The maximum atomic E-state index is 6.23. The van der Waals surface area contributed by atoms with E-state index in [1.807, 2.05) is 18.2 Å². The summed E-state index contributed by atoms with van der Waals surface area (Å²) in [6.45, 7) is 3.88. The Morgan fingerprint density at radius 2 is 2.04 bits per heavy atom. The summed E-state index contributed by atoms with van der Waals surface area (Å²) < 4.78 is 0. The third-order valence-corrected chi connectivity index (χ3v) is 5.96. The first-order valence-corrected chi connectivity index (χ1v) is 9.76. The SMILES string of the molecule is CC1(N)CCN(c2nc3ncc(Sc4cccc5[nH]cnc45)nc3[nH]2)CC1. The molecule has 0 saturated carbocycles. The van der Waals surface area contributed by atoms with Gasteiger partial charge in [0.1, 0.15) is 10.5 Å². The van der Waals surface area contributed by atoms with E-state index in [1.165, 1.54) is 0 Å². The zero-order valence-corrected chi connectivity index (χ0v) is 15.8. The van der Waals surface area contributed by atoms with E-state index in [1.54, 1.807) is 24.3 Å². The van der Waals surface area contributed by atoms with Crippen LogP contribution in [0.3, 0.4) is 0 Å². The van der Waals surface area contributed by atoms with Gasteiger partial charge in [-0.1, -0.05) is 17.8 Å². The molecule has 0 radical (unpaired) electrons. The van der Waals surface area contributed by atoms with Gasteiger partial charge < -0.3 is 20.6 Å². The molecule has 0 unspecified atom stereocenters. The Bertz CT molecular complexity index is 1100. The van der Waals surface area contributed by atoms with Gasteiger partial charge in [-0.05, 0) is 31.9 Å². The molecule has 9 heteroatoms. The molecule has 27 heavy (non-hydrogen) atoms. The summed E-state index contributed by atoms with van der Waals surface area (Å²) in [5.41, 5.74) is 9.42. The number of benzene rings is 1. The molecule has 4 aromatic rings. The number of nitrogens with one attached hydrogen (secondary N) is 2. The highest BCUT2D eigenvalue weighted by atomic mass is 32.2. The third-order valence-electron chi connectivity index (χ3n) is 5.01. The van der Waals surface area contributed by atoms with Crippen LogP contribution in [-0.4, -0.2) is 48.5 Å². The molecule has 0 amide bonds. The van der Waals surface area contributed by atoms with E-state index < -0.39 is 0 Å². The van der Waals surface area contributed by atoms with Crippen molar-refractivity contribution in [2.75, 3.05) is 18.0 Å². The molecule has 4 heterocycles. The van der Waals surface area contributed by atoms with Crippen LogP contribution in [0.4, 0.5) is 5.95 Å². The molecule has 0 spiro atoms. The number of hydrogen-bond acceptors (Lipinski definition) is 7. The minimum Gasteiger partial charge on any atom is -0.345 e. The number of hydrogen-bond donors (Lipinski definition) is 3. The van der Waals surface area contributed by atoms with E-state index in [2.05, 4.69) is 36.7 Å². The normalized spacial score (nSPS) is 17.0. The van der Waals surface area contributed by atoms with Crippen molar-refractivity contribution < 1.29 is 0 Å². The summed E-state index contributed by atoms with van der Waals surface area (Å²) in [5, 5.41) is 0.807. The molecule has 0 atom stereocenters. The van der Waals surface area contributed by atoms with Gasteiger partial charge in [0, 0.05) is 23.5 Å². The van der Waals surface area contributed by atoms with Crippen molar-refractivity contribution in [1.82, 2.24) is 29.9 Å². The first kappa shape index (κ1) is 16.5. The summed E-state index contributed by atoms with van der Waals surface area (Å²) in [6, 6.07) is 6.05. The number of nitrogens with zero attached hydrogens (tertiary/aromatic N) is 5. The standard InChI is InChI=1S/C18H20N8S/c1-18(19)5-7-26(8-6-18)17-24-15-16(25-17)23-13(9-20-15)27-12-4-2-3-11-14(12)22-10-21-11/h2-4,9-10H,5-8,19H2,1H3,(H,21,22)(H,20,23,24,25). The summed E-state index contributed by atoms with van der Waals surface area (Å²) in [4.78, 5) is 27.9. The van der Waals surface area contributed by atoms with Crippen molar-refractivity contribution in [3.05, 3.63) is 30.7 Å². The van der Waals surface area contributed by atoms with Gasteiger partial charge in [-0.15, -0.1) is 0 Å². The number of H-pyrrole nitrogens is 2. The van der Waals surface area contributed by atoms with E-state index in [4.69, 9.17) is 10.7 Å². The smallest absolute Gasteiger partial charge is 0.206 e. The second-order valence-electron chi connectivity index (χ2n) is 7.24. The summed E-state index contributed by atoms with van der Waals surface area (Å²) in [5.74, 6) is 0.817. The first-order chi connectivity index (χ1) is 13.1. The Hall–Kier alpha value is -2.65. The second-order valence-corrected chi connectivity index (χ2v) is 8.30. The van der Waals surface area contributed by atoms with Gasteiger partial charge in [-0.25, -0.2) is 15.0 Å². The van der Waals surface area contributed by atoms with E-state index in [-0.39, 0.29) is 5.54 Å². The number of piperidine rings is 1. The predicted octanol–water partition coefficient (Wildman–Crippen LogP) is 2.70. The second kappa shape index (κ2) is 6.21. The molecule has 0 aliphatic carbocycles. The van der Waals surface area contributed by atoms with Crippen LogP contribution in [0.25, 0.3) is 22.3 Å². The molecule has 4 N–H and O–H groups in total. The zero-order chi connectivity index (χ0) is 18.4. The molecule has 1 aliphatic heterocycles. The molecule has 5 rings (SSSR count). The van der Waals surface area contributed by atoms with E-state index in [0.29, 0.717) is 11.3 Å². The van der Waals surface area contributed by atoms with Crippen LogP contribution in [0.15, 0.2) is 40.6 Å². The molecule has 1 fully saturated rings. The van der Waals surface area contributed by atoms with Crippen LogP contribution in [0.2, 0.25) is 0 Å². The summed E-state index contributed by atoms with van der Waals surface area (Å²) in [6.07, 6.45) is 5.35. The fraction of sp³-hybridized carbons (Fsp3) is 0.333. The molecular weight excluding hydrogens is 360 g/mol. The third kappa shape index (κ3) is 3.13. The fourth-order valence-corrected chi connectivity index (χ4v) is 4.20. The van der Waals surface area contributed by atoms with Crippen LogP contribution in [0, 0.1) is 0 Å². The van der Waals surface area contributed by atoms with Gasteiger partial charge in [-0.3, -0.25) is 0 Å². The number of aromatic nitrogens is 6. The molecule has 1 saturated heterocycles. The van der Waals surface area contributed by atoms with E-state index in [9.17, 15) is 0 Å². The first-order valence-electron chi connectivity index (χ1n) is 8.94. The quantitative estimate of drug-likeness (QED) is 0.501. The lowest BCUT2D eigenvalue weighted by Gasteiger charge is -2.36. The zero-order valence-electron chi connectivity index (χ0n) is 14.9. The maximum Gasteiger partial charge on any atom is 0.206 e. The van der Waals surface area contributed by atoms with E-state index in [0.717, 1.165) is 52.8 Å². The Morgan fingerprint density at radius 3 is 2.89 bits per heavy atom. The van der Waals surface area contributed by atoms with Crippen molar-refractivity contribution in [2.45, 2.75) is 35.2 Å². The highest BCUT2D eigenvalue weighted by molar-refractivity contribution is 7.99. The maximum absolute atomic E-state index is 6.23. The van der Waals surface area contributed by atoms with Crippen molar-refractivity contribution in [3.63, 3.8) is 0 Å². The highest BCUT2D eigenvalue weighted by Gasteiger charge is 2.27. The minimum atomic E-state index is -0.0872. The Balaban J connectivity index is 1.42. The van der Waals surface area contributed by atoms with Crippen molar-refractivity contribution >= 4 is 40.0 Å². The van der Waals surface area contributed by atoms with Crippen molar-refractivity contribution in [3.8, 4) is 0 Å². The monoisotopic (exact) mass is 380 g/mol. The average Bonchev–Trinajstić information content (AvgIpc) is 3.28. The predicted molar refractivity (Wildman–Crippen MR) is 106 cm³/mol. The Morgan fingerprint density at radius 1 is 1.19 bits per heavy atom. The molecular formula is C18H20N8S. The van der Waals surface area contributed by atoms with E-state index >= 15 is 0 Å². The summed E-state index contributed by atoms with van der Waals surface area (Å²) in [7, 11) is 0. The average molecular weight is 380 g/mol. The highest BCUT2D eigenvalue weighted by Crippen LogP contribution is 2.31. The van der Waals surface area contributed by atoms with Crippen LogP contribution < -0.4 is 10.6 Å².